The van der Waals surface area contributed by atoms with E-state index >= 15 is 0 Å². The third kappa shape index (κ3) is 2.08. The van der Waals surface area contributed by atoms with Crippen molar-refractivity contribution in [3.8, 4) is 0 Å². The van der Waals surface area contributed by atoms with Crippen molar-refractivity contribution in [1.82, 2.24) is 0 Å². The van der Waals surface area contributed by atoms with Gasteiger partial charge in [0.15, 0.2) is 0 Å². The molecule has 1 rings (SSSR count). The maximum absolute atomic E-state index is 10.1. The average molecular weight is 305 g/mol. The molecule has 0 bridgehead atoms. The van der Waals surface area contributed by atoms with E-state index in [-0.39, 0.29) is 0 Å². The molecule has 0 fully saturated rings. The molecule has 0 unspecified atom stereocenters. The molecule has 0 N–H and O–H groups in total. The van der Waals surface area contributed by atoms with E-state index in [0.717, 1.165) is 20.1 Å². The standard InChI is InChI=1S/C9H7Br2NO/c1-5-3-7(12-4-13)9(11)6(2)8(5)10/h3H,1-2H3. The van der Waals surface area contributed by atoms with E-state index in [9.17, 15) is 4.79 Å². The molecule has 2 nitrogen and oxygen atoms in total. The highest BCUT2D eigenvalue weighted by Gasteiger charge is 2.08. The van der Waals surface area contributed by atoms with Crippen LogP contribution < -0.4 is 0 Å². The molecule has 68 valence electrons. The highest BCUT2D eigenvalue weighted by Crippen LogP contribution is 2.35. The maximum atomic E-state index is 10.1. The number of nitrogens with zero attached hydrogens (tertiary/aromatic N) is 1. The van der Waals surface area contributed by atoms with Crippen LogP contribution in [0.4, 0.5) is 5.69 Å². The fourth-order valence-corrected chi connectivity index (χ4v) is 2.03. The number of hydrogen-bond donors (Lipinski definition) is 0. The molecule has 0 radical (unpaired) electrons. The van der Waals surface area contributed by atoms with E-state index in [2.05, 4.69) is 36.9 Å². The van der Waals surface area contributed by atoms with Crippen LogP contribution in [0.25, 0.3) is 0 Å². The quantitative estimate of drug-likeness (QED) is 0.573. The van der Waals surface area contributed by atoms with Crippen LogP contribution in [-0.4, -0.2) is 6.08 Å². The first-order chi connectivity index (χ1) is 6.07. The molecular formula is C9H7Br2NO. The van der Waals surface area contributed by atoms with E-state index < -0.39 is 0 Å². The molecule has 0 spiro atoms. The van der Waals surface area contributed by atoms with E-state index in [1.807, 2.05) is 19.9 Å². The van der Waals surface area contributed by atoms with Crippen molar-refractivity contribution in [1.29, 1.82) is 0 Å². The molecule has 0 heterocycles. The number of isocyanates is 1. The fourth-order valence-electron chi connectivity index (χ4n) is 1.05. The molecule has 13 heavy (non-hydrogen) atoms. The van der Waals surface area contributed by atoms with Crippen molar-refractivity contribution in [2.45, 2.75) is 13.8 Å². The van der Waals surface area contributed by atoms with Crippen molar-refractivity contribution in [3.63, 3.8) is 0 Å². The molecule has 1 aromatic rings. The van der Waals surface area contributed by atoms with Gasteiger partial charge in [0.2, 0.25) is 6.08 Å². The van der Waals surface area contributed by atoms with Gasteiger partial charge in [0.1, 0.15) is 0 Å². The topological polar surface area (TPSA) is 29.4 Å². The summed E-state index contributed by atoms with van der Waals surface area (Å²) in [4.78, 5) is 13.7. The Morgan fingerprint density at radius 3 is 2.46 bits per heavy atom. The molecule has 0 aliphatic rings. The molecule has 0 saturated heterocycles. The predicted molar refractivity (Wildman–Crippen MR) is 59.1 cm³/mol. The first-order valence-corrected chi connectivity index (χ1v) is 5.19. The minimum absolute atomic E-state index is 0.619. The third-order valence-electron chi connectivity index (χ3n) is 1.75. The van der Waals surface area contributed by atoms with Gasteiger partial charge in [-0.2, -0.15) is 4.99 Å². The summed E-state index contributed by atoms with van der Waals surface area (Å²) in [5.41, 5.74) is 2.71. The number of aryl methyl sites for hydroxylation is 1. The molecule has 0 aliphatic carbocycles. The van der Waals surface area contributed by atoms with Crippen LogP contribution in [0.15, 0.2) is 20.0 Å². The lowest BCUT2D eigenvalue weighted by molar-refractivity contribution is 0.565. The minimum Gasteiger partial charge on any atom is -0.211 e. The second-order valence-corrected chi connectivity index (χ2v) is 4.25. The van der Waals surface area contributed by atoms with Crippen LogP contribution in [0.1, 0.15) is 11.1 Å². The summed E-state index contributed by atoms with van der Waals surface area (Å²) < 4.78 is 1.86. The zero-order valence-electron chi connectivity index (χ0n) is 7.19. The SMILES string of the molecule is Cc1cc(N=C=O)c(Br)c(C)c1Br. The first-order valence-electron chi connectivity index (χ1n) is 3.61. The predicted octanol–water partition coefficient (Wildman–Crippen LogP) is 3.80. The van der Waals surface area contributed by atoms with Crippen molar-refractivity contribution in [2.75, 3.05) is 0 Å². The fraction of sp³-hybridized carbons (Fsp3) is 0.222. The molecule has 0 saturated carbocycles. The lowest BCUT2D eigenvalue weighted by Crippen LogP contribution is -1.84. The number of halogens is 2. The van der Waals surface area contributed by atoms with Crippen LogP contribution in [0.3, 0.4) is 0 Å². The number of benzene rings is 1. The molecule has 1 aromatic carbocycles. The average Bonchev–Trinajstić information content (AvgIpc) is 2.11. The number of rotatable bonds is 1. The summed E-state index contributed by atoms with van der Waals surface area (Å²) in [5, 5.41) is 0. The Bertz CT molecular complexity index is 395. The molecule has 0 aromatic heterocycles. The van der Waals surface area contributed by atoms with E-state index in [1.54, 1.807) is 0 Å². The summed E-state index contributed by atoms with van der Waals surface area (Å²) >= 11 is 6.81. The molecule has 0 amide bonds. The maximum Gasteiger partial charge on any atom is 0.240 e. The monoisotopic (exact) mass is 303 g/mol. The van der Waals surface area contributed by atoms with Crippen LogP contribution in [-0.2, 0) is 4.79 Å². The van der Waals surface area contributed by atoms with Crippen molar-refractivity contribution in [2.24, 2.45) is 4.99 Å². The highest BCUT2D eigenvalue weighted by atomic mass is 79.9. The third-order valence-corrected chi connectivity index (χ3v) is 3.97. The van der Waals surface area contributed by atoms with E-state index in [1.165, 1.54) is 6.08 Å². The Morgan fingerprint density at radius 2 is 1.92 bits per heavy atom. The number of hydrogen-bond acceptors (Lipinski definition) is 2. The van der Waals surface area contributed by atoms with Gasteiger partial charge in [-0.3, -0.25) is 0 Å². The summed E-state index contributed by atoms with van der Waals surface area (Å²) in [7, 11) is 0. The Hall–Kier alpha value is -0.440. The van der Waals surface area contributed by atoms with Gasteiger partial charge in [-0.05, 0) is 47.0 Å². The smallest absolute Gasteiger partial charge is 0.211 e. The molecule has 4 heteroatoms. The largest absolute Gasteiger partial charge is 0.240 e. The lowest BCUT2D eigenvalue weighted by atomic mass is 10.1. The molecular weight excluding hydrogens is 298 g/mol. The zero-order chi connectivity index (χ0) is 10.0. The Kier molecular flexibility index (Phi) is 3.42. The van der Waals surface area contributed by atoms with Crippen LogP contribution in [0.2, 0.25) is 0 Å². The Labute approximate surface area is 93.3 Å². The second-order valence-electron chi connectivity index (χ2n) is 2.67. The van der Waals surface area contributed by atoms with Gasteiger partial charge >= 0.3 is 0 Å². The van der Waals surface area contributed by atoms with Gasteiger partial charge in [0.05, 0.1) is 5.69 Å². The van der Waals surface area contributed by atoms with Crippen molar-refractivity contribution >= 4 is 43.6 Å². The van der Waals surface area contributed by atoms with Crippen LogP contribution in [0, 0.1) is 13.8 Å². The minimum atomic E-state index is 0.619. The number of carbonyl (C=O) groups excluding carboxylic acids is 1. The normalized spacial score (nSPS) is 9.54. The summed E-state index contributed by atoms with van der Waals surface area (Å²) in [5.74, 6) is 0. The van der Waals surface area contributed by atoms with Gasteiger partial charge in [0.25, 0.3) is 0 Å². The Morgan fingerprint density at radius 1 is 1.31 bits per heavy atom. The summed E-state index contributed by atoms with van der Waals surface area (Å²) in [6.07, 6.45) is 1.53. The van der Waals surface area contributed by atoms with Crippen molar-refractivity contribution in [3.05, 3.63) is 26.1 Å². The Balaban J connectivity index is 3.49. The van der Waals surface area contributed by atoms with Gasteiger partial charge < -0.3 is 0 Å². The number of aliphatic imine (C=N–C) groups is 1. The highest BCUT2D eigenvalue weighted by molar-refractivity contribution is 9.11. The van der Waals surface area contributed by atoms with Crippen LogP contribution >= 0.6 is 31.9 Å². The van der Waals surface area contributed by atoms with Crippen LogP contribution in [0.5, 0.6) is 0 Å². The second kappa shape index (κ2) is 4.18. The van der Waals surface area contributed by atoms with E-state index in [4.69, 9.17) is 0 Å². The van der Waals surface area contributed by atoms with Crippen molar-refractivity contribution < 1.29 is 4.79 Å². The van der Waals surface area contributed by atoms with Gasteiger partial charge in [-0.15, -0.1) is 0 Å². The zero-order valence-corrected chi connectivity index (χ0v) is 10.4. The van der Waals surface area contributed by atoms with Gasteiger partial charge in [-0.25, -0.2) is 4.79 Å². The summed E-state index contributed by atoms with van der Waals surface area (Å²) in [6, 6.07) is 1.83. The van der Waals surface area contributed by atoms with Gasteiger partial charge in [0, 0.05) is 8.95 Å². The lowest BCUT2D eigenvalue weighted by Gasteiger charge is -2.06. The van der Waals surface area contributed by atoms with Gasteiger partial charge in [-0.1, -0.05) is 15.9 Å². The molecule has 0 aliphatic heterocycles. The molecule has 0 atom stereocenters. The summed E-state index contributed by atoms with van der Waals surface area (Å²) in [6.45, 7) is 3.90. The van der Waals surface area contributed by atoms with E-state index in [0.29, 0.717) is 5.69 Å². The first kappa shape index (κ1) is 10.6.